The van der Waals surface area contributed by atoms with E-state index in [0.717, 1.165) is 39.5 Å². The minimum atomic E-state index is 0.922. The molecule has 2 rings (SSSR count). The average molecular weight is 243 g/mol. The van der Waals surface area contributed by atoms with E-state index in [9.17, 15) is 0 Å². The molecule has 0 unspecified atom stereocenters. The molecule has 2 aliphatic rings. The van der Waals surface area contributed by atoms with Gasteiger partial charge in [0.2, 0.25) is 0 Å². The molecule has 2 aliphatic heterocycles. The van der Waals surface area contributed by atoms with Gasteiger partial charge in [-0.05, 0) is 19.4 Å². The van der Waals surface area contributed by atoms with Crippen LogP contribution in [-0.4, -0.2) is 82.1 Å². The number of hydrogen-bond donors (Lipinski definition) is 0. The number of ether oxygens (including phenoxy) is 2. The molecule has 0 N–H and O–H groups in total. The zero-order valence-electron chi connectivity index (χ0n) is 11.2. The summed E-state index contributed by atoms with van der Waals surface area (Å²) < 4.78 is 12.0. The van der Waals surface area contributed by atoms with E-state index in [4.69, 9.17) is 9.47 Å². The third kappa shape index (κ3) is 4.54. The first kappa shape index (κ1) is 13.3. The molecule has 4 nitrogen and oxygen atoms in total. The molecule has 0 aromatic heterocycles. The summed E-state index contributed by atoms with van der Waals surface area (Å²) in [6.07, 6.45) is 2.67. The third-order valence-corrected chi connectivity index (χ3v) is 4.08. The summed E-state index contributed by atoms with van der Waals surface area (Å²) in [6.45, 7) is 10.9. The maximum Gasteiger partial charge on any atom is 0.102 e. The summed E-state index contributed by atoms with van der Waals surface area (Å²) in [5, 5.41) is 0. The van der Waals surface area contributed by atoms with Gasteiger partial charge in [-0.3, -0.25) is 4.90 Å². The summed E-state index contributed by atoms with van der Waals surface area (Å²) in [5.74, 6) is 0. The Morgan fingerprint density at radius 3 is 2.29 bits per heavy atom. The molecule has 2 heterocycles. The van der Waals surface area contributed by atoms with Crippen LogP contribution in [0.2, 0.25) is 0 Å². The van der Waals surface area contributed by atoms with Crippen molar-refractivity contribution < 1.29 is 14.0 Å². The van der Waals surface area contributed by atoms with Gasteiger partial charge in [0.1, 0.15) is 13.1 Å². The predicted octanol–water partition coefficient (Wildman–Crippen LogP) is 0.576. The molecule has 0 saturated carbocycles. The van der Waals surface area contributed by atoms with E-state index in [1.54, 1.807) is 0 Å². The lowest BCUT2D eigenvalue weighted by Gasteiger charge is -2.37. The van der Waals surface area contributed by atoms with Gasteiger partial charge in [-0.15, -0.1) is 0 Å². The molecule has 0 radical (unpaired) electrons. The van der Waals surface area contributed by atoms with Crippen LogP contribution in [0.1, 0.15) is 12.8 Å². The van der Waals surface area contributed by atoms with Gasteiger partial charge in [0.25, 0.3) is 0 Å². The molecular formula is C13H27N2O2+. The number of likely N-dealkylation sites (N-methyl/N-ethyl adjacent to an activating group) is 1. The normalized spacial score (nSPS) is 25.9. The van der Waals surface area contributed by atoms with E-state index in [1.165, 1.54) is 43.5 Å². The summed E-state index contributed by atoms with van der Waals surface area (Å²) in [4.78, 5) is 2.53. The van der Waals surface area contributed by atoms with Crippen molar-refractivity contribution >= 4 is 0 Å². The topological polar surface area (TPSA) is 21.7 Å². The van der Waals surface area contributed by atoms with Gasteiger partial charge < -0.3 is 14.0 Å². The number of quaternary nitrogens is 1. The van der Waals surface area contributed by atoms with Crippen LogP contribution < -0.4 is 0 Å². The van der Waals surface area contributed by atoms with E-state index in [0.29, 0.717) is 0 Å². The van der Waals surface area contributed by atoms with Crippen LogP contribution in [0, 0.1) is 0 Å². The van der Waals surface area contributed by atoms with Crippen molar-refractivity contribution in [3.05, 3.63) is 0 Å². The number of nitrogens with zero attached hydrogens (tertiary/aromatic N) is 2. The standard InChI is InChI=1S/C13H27N2O2/c1-15(8-12-17-13-9-15)7-3-2-4-14-5-10-16-11-6-14/h2-13H2,1H3/q+1. The van der Waals surface area contributed by atoms with Crippen molar-refractivity contribution in [1.29, 1.82) is 0 Å². The second kappa shape index (κ2) is 6.69. The fourth-order valence-corrected chi connectivity index (χ4v) is 2.66. The fraction of sp³-hybridized carbons (Fsp3) is 1.00. The van der Waals surface area contributed by atoms with Gasteiger partial charge in [0.15, 0.2) is 0 Å². The van der Waals surface area contributed by atoms with Crippen LogP contribution in [0.4, 0.5) is 0 Å². The van der Waals surface area contributed by atoms with E-state index in [2.05, 4.69) is 11.9 Å². The zero-order chi connectivity index (χ0) is 12.0. The second-order valence-electron chi connectivity index (χ2n) is 5.56. The van der Waals surface area contributed by atoms with Crippen LogP contribution >= 0.6 is 0 Å². The van der Waals surface area contributed by atoms with Crippen molar-refractivity contribution in [3.8, 4) is 0 Å². The summed E-state index contributed by atoms with van der Waals surface area (Å²) in [7, 11) is 2.37. The number of hydrogen-bond acceptors (Lipinski definition) is 3. The number of rotatable bonds is 5. The Morgan fingerprint density at radius 1 is 0.941 bits per heavy atom. The Morgan fingerprint density at radius 2 is 1.59 bits per heavy atom. The van der Waals surface area contributed by atoms with Crippen molar-refractivity contribution in [2.24, 2.45) is 0 Å². The van der Waals surface area contributed by atoms with E-state index in [1.807, 2.05) is 0 Å². The van der Waals surface area contributed by atoms with E-state index in [-0.39, 0.29) is 0 Å². The summed E-state index contributed by atoms with van der Waals surface area (Å²) in [6, 6.07) is 0. The Hall–Kier alpha value is -0.160. The molecule has 2 fully saturated rings. The minimum absolute atomic E-state index is 0.922. The molecule has 0 atom stereocenters. The van der Waals surface area contributed by atoms with Crippen LogP contribution in [0.15, 0.2) is 0 Å². The monoisotopic (exact) mass is 243 g/mol. The minimum Gasteiger partial charge on any atom is -0.379 e. The second-order valence-corrected chi connectivity index (χ2v) is 5.56. The maximum absolute atomic E-state index is 5.43. The van der Waals surface area contributed by atoms with Crippen molar-refractivity contribution in [1.82, 2.24) is 4.90 Å². The van der Waals surface area contributed by atoms with E-state index < -0.39 is 0 Å². The lowest BCUT2D eigenvalue weighted by molar-refractivity contribution is -0.917. The molecule has 100 valence electrons. The first-order chi connectivity index (χ1) is 8.29. The number of unbranched alkanes of at least 4 members (excludes halogenated alkanes) is 1. The molecule has 0 spiro atoms. The van der Waals surface area contributed by atoms with Crippen LogP contribution in [0.3, 0.4) is 0 Å². The molecule has 0 bridgehead atoms. The predicted molar refractivity (Wildman–Crippen MR) is 68.1 cm³/mol. The average Bonchev–Trinajstić information content (AvgIpc) is 2.37. The van der Waals surface area contributed by atoms with Gasteiger partial charge in [-0.25, -0.2) is 0 Å². The van der Waals surface area contributed by atoms with E-state index >= 15 is 0 Å². The highest BCUT2D eigenvalue weighted by molar-refractivity contribution is 4.61. The quantitative estimate of drug-likeness (QED) is 0.521. The SMILES string of the molecule is C[N+]1(CCCCN2CCOCC2)CCOCC1. The van der Waals surface area contributed by atoms with Gasteiger partial charge in [0.05, 0.1) is 40.0 Å². The Balaban J connectivity index is 1.55. The van der Waals surface area contributed by atoms with Gasteiger partial charge in [0, 0.05) is 13.1 Å². The van der Waals surface area contributed by atoms with Gasteiger partial charge in [-0.2, -0.15) is 0 Å². The maximum atomic E-state index is 5.43. The lowest BCUT2D eigenvalue weighted by atomic mass is 10.2. The highest BCUT2D eigenvalue weighted by atomic mass is 16.5. The molecular weight excluding hydrogens is 216 g/mol. The molecule has 4 heteroatoms. The van der Waals surface area contributed by atoms with Crippen molar-refractivity contribution in [2.45, 2.75) is 12.8 Å². The molecule has 0 aromatic rings. The van der Waals surface area contributed by atoms with Crippen LogP contribution in [-0.2, 0) is 9.47 Å². The first-order valence-electron chi connectivity index (χ1n) is 7.00. The smallest absolute Gasteiger partial charge is 0.102 e. The molecule has 2 saturated heterocycles. The van der Waals surface area contributed by atoms with Crippen LogP contribution in [0.5, 0.6) is 0 Å². The largest absolute Gasteiger partial charge is 0.379 e. The lowest BCUT2D eigenvalue weighted by Crippen LogP contribution is -2.52. The molecule has 0 aromatic carbocycles. The Labute approximate surface area is 105 Å². The number of morpholine rings is 2. The van der Waals surface area contributed by atoms with Crippen LogP contribution in [0.25, 0.3) is 0 Å². The third-order valence-electron chi connectivity index (χ3n) is 4.08. The molecule has 0 amide bonds. The van der Waals surface area contributed by atoms with Crippen molar-refractivity contribution in [2.75, 3.05) is 72.7 Å². The molecule has 17 heavy (non-hydrogen) atoms. The van der Waals surface area contributed by atoms with Gasteiger partial charge >= 0.3 is 0 Å². The summed E-state index contributed by atoms with van der Waals surface area (Å²) in [5.41, 5.74) is 0. The zero-order valence-corrected chi connectivity index (χ0v) is 11.2. The molecule has 0 aliphatic carbocycles. The Kier molecular flexibility index (Phi) is 5.22. The van der Waals surface area contributed by atoms with Gasteiger partial charge in [-0.1, -0.05) is 0 Å². The highest BCUT2D eigenvalue weighted by Crippen LogP contribution is 2.10. The summed E-state index contributed by atoms with van der Waals surface area (Å²) >= 11 is 0. The Bertz CT molecular complexity index is 211. The fourth-order valence-electron chi connectivity index (χ4n) is 2.66. The van der Waals surface area contributed by atoms with Crippen molar-refractivity contribution in [3.63, 3.8) is 0 Å². The highest BCUT2D eigenvalue weighted by Gasteiger charge is 2.24. The first-order valence-corrected chi connectivity index (χ1v) is 7.00.